The van der Waals surface area contributed by atoms with Crippen LogP contribution in [0.15, 0.2) is 29.2 Å². The zero-order valence-electron chi connectivity index (χ0n) is 11.7. The molecule has 0 saturated heterocycles. The lowest BCUT2D eigenvalue weighted by atomic mass is 10.1. The first kappa shape index (κ1) is 15.3. The molecule has 0 aromatic heterocycles. The third kappa shape index (κ3) is 4.19. The molecule has 1 aromatic carbocycles. The van der Waals surface area contributed by atoms with Crippen molar-refractivity contribution in [3.8, 4) is 0 Å². The van der Waals surface area contributed by atoms with Crippen LogP contribution in [-0.4, -0.2) is 32.2 Å². The van der Waals surface area contributed by atoms with Gasteiger partial charge >= 0.3 is 0 Å². The summed E-state index contributed by atoms with van der Waals surface area (Å²) in [5, 5.41) is 12.2. The van der Waals surface area contributed by atoms with Crippen molar-refractivity contribution in [1.82, 2.24) is 4.72 Å². The standard InChI is InChI=1S/C14H22N2O3S/c1-2-11(9-10-17)15-12-5-7-14(8-6-12)20(18,19)16-13-3-4-13/h5-8,11,13,15-17H,2-4,9-10H2,1H3. The van der Waals surface area contributed by atoms with Crippen LogP contribution < -0.4 is 10.0 Å². The van der Waals surface area contributed by atoms with E-state index in [-0.39, 0.29) is 18.7 Å². The maximum absolute atomic E-state index is 12.0. The molecule has 0 radical (unpaired) electrons. The Bertz CT molecular complexity index is 524. The largest absolute Gasteiger partial charge is 0.396 e. The predicted molar refractivity (Wildman–Crippen MR) is 79.2 cm³/mol. The second kappa shape index (κ2) is 6.56. The van der Waals surface area contributed by atoms with Crippen molar-refractivity contribution >= 4 is 15.7 Å². The molecule has 5 nitrogen and oxygen atoms in total. The van der Waals surface area contributed by atoms with Gasteiger partial charge in [0.05, 0.1) is 4.90 Å². The van der Waals surface area contributed by atoms with Crippen molar-refractivity contribution in [1.29, 1.82) is 0 Å². The summed E-state index contributed by atoms with van der Waals surface area (Å²) in [5.41, 5.74) is 0.871. The molecule has 112 valence electrons. The molecule has 1 fully saturated rings. The van der Waals surface area contributed by atoms with Gasteiger partial charge in [-0.1, -0.05) is 6.92 Å². The number of hydrogen-bond donors (Lipinski definition) is 3. The van der Waals surface area contributed by atoms with Crippen LogP contribution in [0.4, 0.5) is 5.69 Å². The summed E-state index contributed by atoms with van der Waals surface area (Å²) < 4.78 is 26.7. The van der Waals surface area contributed by atoms with Crippen molar-refractivity contribution in [2.24, 2.45) is 0 Å². The summed E-state index contributed by atoms with van der Waals surface area (Å²) in [7, 11) is -3.38. The quantitative estimate of drug-likeness (QED) is 0.682. The van der Waals surface area contributed by atoms with Crippen LogP contribution in [0.5, 0.6) is 0 Å². The lowest BCUT2D eigenvalue weighted by Crippen LogP contribution is -2.25. The monoisotopic (exact) mass is 298 g/mol. The van der Waals surface area contributed by atoms with Crippen LogP contribution in [0.1, 0.15) is 32.6 Å². The molecule has 0 bridgehead atoms. The third-order valence-corrected chi connectivity index (χ3v) is 4.94. The Kier molecular flexibility index (Phi) is 5.01. The first-order valence-corrected chi connectivity index (χ1v) is 8.53. The van der Waals surface area contributed by atoms with Crippen LogP contribution in [-0.2, 0) is 10.0 Å². The van der Waals surface area contributed by atoms with E-state index in [0.717, 1.165) is 24.9 Å². The van der Waals surface area contributed by atoms with Crippen LogP contribution in [0.25, 0.3) is 0 Å². The summed E-state index contributed by atoms with van der Waals surface area (Å²) in [6, 6.07) is 7.07. The normalized spacial score (nSPS) is 16.9. The van der Waals surface area contributed by atoms with Gasteiger partial charge < -0.3 is 10.4 Å². The summed E-state index contributed by atoms with van der Waals surface area (Å²) >= 11 is 0. The highest BCUT2D eigenvalue weighted by atomic mass is 32.2. The SMILES string of the molecule is CCC(CCO)Nc1ccc(S(=O)(=O)NC2CC2)cc1. The topological polar surface area (TPSA) is 78.4 Å². The van der Waals surface area contributed by atoms with E-state index in [1.165, 1.54) is 0 Å². The number of sulfonamides is 1. The van der Waals surface area contributed by atoms with Gasteiger partial charge in [0.2, 0.25) is 10.0 Å². The van der Waals surface area contributed by atoms with Gasteiger partial charge in [0.1, 0.15) is 0 Å². The molecule has 0 amide bonds. The third-order valence-electron chi connectivity index (χ3n) is 3.40. The lowest BCUT2D eigenvalue weighted by Gasteiger charge is -2.17. The highest BCUT2D eigenvalue weighted by Crippen LogP contribution is 2.23. The molecule has 0 spiro atoms. The fourth-order valence-electron chi connectivity index (χ4n) is 1.99. The van der Waals surface area contributed by atoms with Gasteiger partial charge in [0, 0.05) is 24.4 Å². The Morgan fingerprint density at radius 3 is 2.45 bits per heavy atom. The van der Waals surface area contributed by atoms with Gasteiger partial charge in [-0.3, -0.25) is 0 Å². The molecule has 3 N–H and O–H groups in total. The molecule has 1 aliphatic rings. The molecule has 20 heavy (non-hydrogen) atoms. The van der Waals surface area contributed by atoms with E-state index >= 15 is 0 Å². The summed E-state index contributed by atoms with van der Waals surface area (Å²) in [6.07, 6.45) is 3.44. The first-order chi connectivity index (χ1) is 9.55. The number of benzene rings is 1. The number of nitrogens with one attached hydrogen (secondary N) is 2. The zero-order valence-corrected chi connectivity index (χ0v) is 12.5. The number of aliphatic hydroxyl groups excluding tert-OH is 1. The van der Waals surface area contributed by atoms with Crippen molar-refractivity contribution in [3.05, 3.63) is 24.3 Å². The average molecular weight is 298 g/mol. The summed E-state index contributed by atoms with van der Waals surface area (Å²) in [6.45, 7) is 2.19. The van der Waals surface area contributed by atoms with Gasteiger partial charge in [-0.15, -0.1) is 0 Å². The Morgan fingerprint density at radius 1 is 1.30 bits per heavy atom. The molecular formula is C14H22N2O3S. The van der Waals surface area contributed by atoms with Gasteiger partial charge in [-0.25, -0.2) is 13.1 Å². The Morgan fingerprint density at radius 2 is 1.95 bits per heavy atom. The molecule has 1 aliphatic carbocycles. The van der Waals surface area contributed by atoms with Crippen molar-refractivity contribution in [2.75, 3.05) is 11.9 Å². The second-order valence-corrected chi connectivity index (χ2v) is 6.90. The minimum Gasteiger partial charge on any atom is -0.396 e. The van der Waals surface area contributed by atoms with E-state index in [9.17, 15) is 8.42 Å². The number of hydrogen-bond acceptors (Lipinski definition) is 4. The van der Waals surface area contributed by atoms with Gasteiger partial charge in [-0.05, 0) is 49.9 Å². The van der Waals surface area contributed by atoms with Gasteiger partial charge in [0.15, 0.2) is 0 Å². The van der Waals surface area contributed by atoms with Crippen LogP contribution in [0, 0.1) is 0 Å². The van der Waals surface area contributed by atoms with Crippen molar-refractivity contribution < 1.29 is 13.5 Å². The van der Waals surface area contributed by atoms with Gasteiger partial charge in [-0.2, -0.15) is 0 Å². The molecule has 1 unspecified atom stereocenters. The number of rotatable bonds is 8. The van der Waals surface area contributed by atoms with Gasteiger partial charge in [0.25, 0.3) is 0 Å². The molecule has 6 heteroatoms. The molecule has 1 saturated carbocycles. The molecule has 0 aliphatic heterocycles. The average Bonchev–Trinajstić information content (AvgIpc) is 3.22. The van der Waals surface area contributed by atoms with E-state index in [2.05, 4.69) is 10.0 Å². The van der Waals surface area contributed by atoms with E-state index in [1.54, 1.807) is 24.3 Å². The van der Waals surface area contributed by atoms with Crippen LogP contribution >= 0.6 is 0 Å². The minimum absolute atomic E-state index is 0.117. The number of aliphatic hydroxyl groups is 1. The molecule has 2 rings (SSSR count). The molecular weight excluding hydrogens is 276 g/mol. The maximum Gasteiger partial charge on any atom is 0.240 e. The molecule has 1 aromatic rings. The maximum atomic E-state index is 12.0. The summed E-state index contributed by atoms with van der Waals surface area (Å²) in [4.78, 5) is 0.296. The highest BCUT2D eigenvalue weighted by Gasteiger charge is 2.27. The minimum atomic E-state index is -3.38. The lowest BCUT2D eigenvalue weighted by molar-refractivity contribution is 0.278. The molecule has 1 atom stereocenters. The Balaban J connectivity index is 2.01. The smallest absolute Gasteiger partial charge is 0.240 e. The zero-order chi connectivity index (χ0) is 14.6. The first-order valence-electron chi connectivity index (χ1n) is 7.05. The Labute approximate surface area is 120 Å². The van der Waals surface area contributed by atoms with E-state index < -0.39 is 10.0 Å². The van der Waals surface area contributed by atoms with Crippen molar-refractivity contribution in [2.45, 2.75) is 49.6 Å². The van der Waals surface area contributed by atoms with Crippen LogP contribution in [0.3, 0.4) is 0 Å². The fraction of sp³-hybridized carbons (Fsp3) is 0.571. The fourth-order valence-corrected chi connectivity index (χ4v) is 3.29. The van der Waals surface area contributed by atoms with Crippen LogP contribution in [0.2, 0.25) is 0 Å². The second-order valence-electron chi connectivity index (χ2n) is 5.18. The number of anilines is 1. The van der Waals surface area contributed by atoms with E-state index in [0.29, 0.717) is 11.3 Å². The van der Waals surface area contributed by atoms with E-state index in [1.807, 2.05) is 6.92 Å². The van der Waals surface area contributed by atoms with E-state index in [4.69, 9.17) is 5.11 Å². The Hall–Kier alpha value is -1.11. The highest BCUT2D eigenvalue weighted by molar-refractivity contribution is 7.89. The summed E-state index contributed by atoms with van der Waals surface area (Å²) in [5.74, 6) is 0. The molecule has 0 heterocycles. The predicted octanol–water partition coefficient (Wildman–Crippen LogP) is 1.70. The van der Waals surface area contributed by atoms with Crippen molar-refractivity contribution in [3.63, 3.8) is 0 Å².